The number of benzene rings is 1. The molecule has 0 spiro atoms. The SMILES string of the molecule is CSCC(=O)Nc1ccccc1C(=O)O. The van der Waals surface area contributed by atoms with Crippen LogP contribution in [0, 0.1) is 0 Å². The third-order valence-corrected chi connectivity index (χ3v) is 2.26. The number of hydrogen-bond acceptors (Lipinski definition) is 3. The van der Waals surface area contributed by atoms with Gasteiger partial charge in [0.1, 0.15) is 0 Å². The molecule has 0 unspecified atom stereocenters. The fourth-order valence-corrected chi connectivity index (χ4v) is 1.43. The van der Waals surface area contributed by atoms with Gasteiger partial charge in [-0.05, 0) is 18.4 Å². The van der Waals surface area contributed by atoms with E-state index in [0.717, 1.165) is 0 Å². The monoisotopic (exact) mass is 225 g/mol. The van der Waals surface area contributed by atoms with Crippen molar-refractivity contribution in [2.75, 3.05) is 17.3 Å². The Morgan fingerprint density at radius 3 is 2.67 bits per heavy atom. The van der Waals surface area contributed by atoms with Crippen LogP contribution in [0.3, 0.4) is 0 Å². The quantitative estimate of drug-likeness (QED) is 0.818. The molecule has 0 aliphatic carbocycles. The first-order chi connectivity index (χ1) is 7.15. The average Bonchev–Trinajstić information content (AvgIpc) is 2.18. The van der Waals surface area contributed by atoms with Crippen LogP contribution in [0.4, 0.5) is 5.69 Å². The van der Waals surface area contributed by atoms with Crippen LogP contribution in [0.25, 0.3) is 0 Å². The van der Waals surface area contributed by atoms with Crippen LogP contribution in [-0.2, 0) is 4.79 Å². The molecule has 80 valence electrons. The van der Waals surface area contributed by atoms with Gasteiger partial charge in [0.05, 0.1) is 17.0 Å². The van der Waals surface area contributed by atoms with E-state index in [1.165, 1.54) is 17.8 Å². The van der Waals surface area contributed by atoms with Gasteiger partial charge in [-0.1, -0.05) is 12.1 Å². The summed E-state index contributed by atoms with van der Waals surface area (Å²) < 4.78 is 0. The van der Waals surface area contributed by atoms with Crippen molar-refractivity contribution < 1.29 is 14.7 Å². The van der Waals surface area contributed by atoms with Crippen LogP contribution < -0.4 is 5.32 Å². The van der Waals surface area contributed by atoms with Crippen LogP contribution in [-0.4, -0.2) is 29.0 Å². The van der Waals surface area contributed by atoms with Gasteiger partial charge >= 0.3 is 5.97 Å². The Kier molecular flexibility index (Phi) is 4.17. The fraction of sp³-hybridized carbons (Fsp3) is 0.200. The molecule has 5 heteroatoms. The number of carboxylic acids is 1. The van der Waals surface area contributed by atoms with Gasteiger partial charge in [0.2, 0.25) is 5.91 Å². The molecule has 0 aromatic heterocycles. The maximum Gasteiger partial charge on any atom is 0.337 e. The molecule has 0 saturated heterocycles. The molecule has 0 aliphatic heterocycles. The zero-order valence-electron chi connectivity index (χ0n) is 8.19. The lowest BCUT2D eigenvalue weighted by Crippen LogP contribution is -2.16. The number of carboxylic acid groups (broad SMARTS) is 1. The summed E-state index contributed by atoms with van der Waals surface area (Å²) in [5, 5.41) is 11.4. The van der Waals surface area contributed by atoms with E-state index < -0.39 is 5.97 Å². The number of carbonyl (C=O) groups is 2. The number of para-hydroxylation sites is 1. The van der Waals surface area contributed by atoms with E-state index in [1.807, 2.05) is 6.26 Å². The molecule has 4 nitrogen and oxygen atoms in total. The number of rotatable bonds is 4. The summed E-state index contributed by atoms with van der Waals surface area (Å²) in [5.74, 6) is -0.931. The number of nitrogens with one attached hydrogen (secondary N) is 1. The highest BCUT2D eigenvalue weighted by atomic mass is 32.2. The molecule has 0 bridgehead atoms. The van der Waals surface area contributed by atoms with E-state index in [2.05, 4.69) is 5.32 Å². The minimum atomic E-state index is -1.05. The highest BCUT2D eigenvalue weighted by Crippen LogP contribution is 2.14. The molecule has 1 aromatic carbocycles. The van der Waals surface area contributed by atoms with Crippen LogP contribution in [0.2, 0.25) is 0 Å². The first kappa shape index (κ1) is 11.6. The normalized spacial score (nSPS) is 9.67. The number of amides is 1. The largest absolute Gasteiger partial charge is 0.478 e. The molecule has 0 heterocycles. The summed E-state index contributed by atoms with van der Waals surface area (Å²) in [6.07, 6.45) is 1.81. The first-order valence-electron chi connectivity index (χ1n) is 4.26. The van der Waals surface area contributed by atoms with Crippen molar-refractivity contribution >= 4 is 29.3 Å². The maximum atomic E-state index is 11.3. The van der Waals surface area contributed by atoms with E-state index in [1.54, 1.807) is 18.2 Å². The fourth-order valence-electron chi connectivity index (χ4n) is 1.10. The Hall–Kier alpha value is -1.49. The molecule has 1 aromatic rings. The standard InChI is InChI=1S/C10H11NO3S/c1-15-6-9(12)11-8-5-3-2-4-7(8)10(13)14/h2-5H,6H2,1H3,(H,11,12)(H,13,14). The second kappa shape index (κ2) is 5.41. The maximum absolute atomic E-state index is 11.3. The van der Waals surface area contributed by atoms with Gasteiger partial charge in [-0.3, -0.25) is 4.79 Å². The molecule has 1 rings (SSSR count). The minimum absolute atomic E-state index is 0.104. The van der Waals surface area contributed by atoms with Crippen LogP contribution >= 0.6 is 11.8 Å². The first-order valence-corrected chi connectivity index (χ1v) is 5.65. The molecular weight excluding hydrogens is 214 g/mol. The van der Waals surface area contributed by atoms with Crippen LogP contribution in [0.1, 0.15) is 10.4 Å². The van der Waals surface area contributed by atoms with Crippen molar-refractivity contribution in [3.8, 4) is 0 Å². The zero-order valence-corrected chi connectivity index (χ0v) is 9.00. The number of hydrogen-bond donors (Lipinski definition) is 2. The van der Waals surface area contributed by atoms with E-state index in [-0.39, 0.29) is 11.5 Å². The highest BCUT2D eigenvalue weighted by Gasteiger charge is 2.10. The van der Waals surface area contributed by atoms with Crippen molar-refractivity contribution in [3.63, 3.8) is 0 Å². The van der Waals surface area contributed by atoms with Crippen LogP contribution in [0.15, 0.2) is 24.3 Å². The van der Waals surface area contributed by atoms with E-state index >= 15 is 0 Å². The number of thioether (sulfide) groups is 1. The van der Waals surface area contributed by atoms with Crippen molar-refractivity contribution in [2.24, 2.45) is 0 Å². The van der Waals surface area contributed by atoms with E-state index in [4.69, 9.17) is 5.11 Å². The molecule has 0 atom stereocenters. The molecule has 15 heavy (non-hydrogen) atoms. The minimum Gasteiger partial charge on any atom is -0.478 e. The number of carbonyl (C=O) groups excluding carboxylic acids is 1. The third-order valence-electron chi connectivity index (χ3n) is 1.71. The van der Waals surface area contributed by atoms with Gasteiger partial charge in [-0.2, -0.15) is 11.8 Å². The number of aromatic carboxylic acids is 1. The van der Waals surface area contributed by atoms with Gasteiger partial charge in [0.25, 0.3) is 0 Å². The molecule has 0 aliphatic rings. The predicted octanol–water partition coefficient (Wildman–Crippen LogP) is 1.69. The molecular formula is C10H11NO3S. The summed E-state index contributed by atoms with van der Waals surface area (Å²) in [6.45, 7) is 0. The third kappa shape index (κ3) is 3.28. The molecule has 0 saturated carbocycles. The van der Waals surface area contributed by atoms with Crippen molar-refractivity contribution in [3.05, 3.63) is 29.8 Å². The Balaban J connectivity index is 2.84. The summed E-state index contributed by atoms with van der Waals surface area (Å²) in [6, 6.07) is 6.33. The summed E-state index contributed by atoms with van der Waals surface area (Å²) in [4.78, 5) is 22.1. The molecule has 2 N–H and O–H groups in total. The van der Waals surface area contributed by atoms with Gasteiger partial charge in [0.15, 0.2) is 0 Å². The van der Waals surface area contributed by atoms with Crippen molar-refractivity contribution in [2.45, 2.75) is 0 Å². The topological polar surface area (TPSA) is 66.4 Å². The molecule has 0 radical (unpaired) electrons. The second-order valence-electron chi connectivity index (χ2n) is 2.83. The smallest absolute Gasteiger partial charge is 0.337 e. The van der Waals surface area contributed by atoms with Gasteiger partial charge in [-0.15, -0.1) is 0 Å². The lowest BCUT2D eigenvalue weighted by molar-refractivity contribution is -0.113. The van der Waals surface area contributed by atoms with Crippen molar-refractivity contribution in [1.82, 2.24) is 0 Å². The lowest BCUT2D eigenvalue weighted by atomic mass is 10.2. The van der Waals surface area contributed by atoms with Gasteiger partial charge < -0.3 is 10.4 Å². The number of anilines is 1. The molecule has 1 amide bonds. The van der Waals surface area contributed by atoms with E-state index in [0.29, 0.717) is 11.4 Å². The predicted molar refractivity (Wildman–Crippen MR) is 60.4 cm³/mol. The Morgan fingerprint density at radius 1 is 1.40 bits per heavy atom. The Labute approximate surface area is 91.7 Å². The zero-order chi connectivity index (χ0) is 11.3. The lowest BCUT2D eigenvalue weighted by Gasteiger charge is -2.06. The van der Waals surface area contributed by atoms with Gasteiger partial charge in [-0.25, -0.2) is 4.79 Å². The summed E-state index contributed by atoms with van der Waals surface area (Å²) in [7, 11) is 0. The summed E-state index contributed by atoms with van der Waals surface area (Å²) in [5.41, 5.74) is 0.441. The highest BCUT2D eigenvalue weighted by molar-refractivity contribution is 7.99. The van der Waals surface area contributed by atoms with Gasteiger partial charge in [0, 0.05) is 0 Å². The van der Waals surface area contributed by atoms with Crippen LogP contribution in [0.5, 0.6) is 0 Å². The second-order valence-corrected chi connectivity index (χ2v) is 3.70. The molecule has 0 fully saturated rings. The Bertz CT molecular complexity index is 379. The average molecular weight is 225 g/mol. The Morgan fingerprint density at radius 2 is 2.07 bits per heavy atom. The van der Waals surface area contributed by atoms with E-state index in [9.17, 15) is 9.59 Å². The summed E-state index contributed by atoms with van der Waals surface area (Å²) >= 11 is 1.38. The van der Waals surface area contributed by atoms with Crippen molar-refractivity contribution in [1.29, 1.82) is 0 Å².